The maximum atomic E-state index is 12.4. The van der Waals surface area contributed by atoms with Gasteiger partial charge in [-0.2, -0.15) is 13.2 Å². The summed E-state index contributed by atoms with van der Waals surface area (Å²) in [5, 5.41) is 0. The van der Waals surface area contributed by atoms with Gasteiger partial charge in [-0.25, -0.2) is 4.98 Å². The fraction of sp³-hybridized carbons (Fsp3) is 0.583. The number of pyridine rings is 1. The first-order valence-electron chi connectivity index (χ1n) is 5.93. The Kier molecular flexibility index (Phi) is 5.40. The number of anilines is 1. The van der Waals surface area contributed by atoms with Crippen molar-refractivity contribution >= 4 is 5.82 Å². The molecule has 0 atom stereocenters. The second-order valence-corrected chi connectivity index (χ2v) is 4.10. The van der Waals surface area contributed by atoms with Crippen molar-refractivity contribution in [3.05, 3.63) is 23.9 Å². The molecule has 0 saturated carbocycles. The average Bonchev–Trinajstić information content (AvgIpc) is 2.28. The van der Waals surface area contributed by atoms with Gasteiger partial charge >= 0.3 is 6.18 Å². The maximum Gasteiger partial charge on any atom is 0.405 e. The Morgan fingerprint density at radius 2 is 2.06 bits per heavy atom. The van der Waals surface area contributed by atoms with Crippen molar-refractivity contribution in [1.82, 2.24) is 4.98 Å². The molecule has 0 amide bonds. The molecule has 0 bridgehead atoms. The van der Waals surface area contributed by atoms with E-state index in [1.807, 2.05) is 6.92 Å². The lowest BCUT2D eigenvalue weighted by Crippen LogP contribution is -2.35. The number of nitrogens with two attached hydrogens (primary N) is 1. The van der Waals surface area contributed by atoms with Crippen molar-refractivity contribution in [2.45, 2.75) is 25.9 Å². The van der Waals surface area contributed by atoms with Crippen LogP contribution in [0.5, 0.6) is 0 Å². The normalized spacial score (nSPS) is 11.6. The van der Waals surface area contributed by atoms with Crippen LogP contribution >= 0.6 is 0 Å². The lowest BCUT2D eigenvalue weighted by atomic mass is 10.2. The highest BCUT2D eigenvalue weighted by molar-refractivity contribution is 5.39. The highest BCUT2D eigenvalue weighted by atomic mass is 19.4. The molecule has 18 heavy (non-hydrogen) atoms. The summed E-state index contributed by atoms with van der Waals surface area (Å²) in [7, 11) is 0. The Balaban J connectivity index is 2.78. The zero-order valence-electron chi connectivity index (χ0n) is 10.4. The molecular formula is C12H18F3N3. The average molecular weight is 261 g/mol. The zero-order chi connectivity index (χ0) is 13.6. The summed E-state index contributed by atoms with van der Waals surface area (Å²) in [5.74, 6) is 0.356. The SMILES string of the molecule is CCCN(CC(F)(F)F)c1ccc(CCN)cn1. The quantitative estimate of drug-likeness (QED) is 0.854. The molecule has 1 heterocycles. The van der Waals surface area contributed by atoms with Crippen LogP contribution in [0.4, 0.5) is 19.0 Å². The molecule has 1 aromatic heterocycles. The van der Waals surface area contributed by atoms with E-state index in [-0.39, 0.29) is 0 Å². The van der Waals surface area contributed by atoms with Gasteiger partial charge in [-0.3, -0.25) is 0 Å². The van der Waals surface area contributed by atoms with E-state index in [9.17, 15) is 13.2 Å². The summed E-state index contributed by atoms with van der Waals surface area (Å²) in [6, 6.07) is 3.39. The topological polar surface area (TPSA) is 42.1 Å². The summed E-state index contributed by atoms with van der Waals surface area (Å²) in [6.45, 7) is 1.71. The third-order valence-corrected chi connectivity index (χ3v) is 2.43. The van der Waals surface area contributed by atoms with Gasteiger partial charge in [0.1, 0.15) is 12.4 Å². The molecular weight excluding hydrogens is 243 g/mol. The molecule has 1 rings (SSSR count). The van der Waals surface area contributed by atoms with Crippen LogP contribution in [0.2, 0.25) is 0 Å². The van der Waals surface area contributed by atoms with Gasteiger partial charge in [-0.15, -0.1) is 0 Å². The molecule has 0 fully saturated rings. The second-order valence-electron chi connectivity index (χ2n) is 4.10. The van der Waals surface area contributed by atoms with Gasteiger partial charge in [0.15, 0.2) is 0 Å². The van der Waals surface area contributed by atoms with Gasteiger partial charge in [0.25, 0.3) is 0 Å². The monoisotopic (exact) mass is 261 g/mol. The minimum Gasteiger partial charge on any atom is -0.348 e. The van der Waals surface area contributed by atoms with Crippen molar-refractivity contribution in [3.8, 4) is 0 Å². The Labute approximate surface area is 105 Å². The third kappa shape index (κ3) is 4.91. The Hall–Kier alpha value is -1.30. The lowest BCUT2D eigenvalue weighted by Gasteiger charge is -2.24. The lowest BCUT2D eigenvalue weighted by molar-refractivity contribution is -0.119. The fourth-order valence-corrected chi connectivity index (χ4v) is 1.68. The minimum absolute atomic E-state index is 0.336. The first-order valence-corrected chi connectivity index (χ1v) is 5.93. The van der Waals surface area contributed by atoms with E-state index in [1.54, 1.807) is 18.3 Å². The van der Waals surface area contributed by atoms with Crippen molar-refractivity contribution in [3.63, 3.8) is 0 Å². The van der Waals surface area contributed by atoms with E-state index in [0.29, 0.717) is 31.7 Å². The smallest absolute Gasteiger partial charge is 0.348 e. The number of alkyl halides is 3. The number of hydrogen-bond donors (Lipinski definition) is 1. The van der Waals surface area contributed by atoms with E-state index >= 15 is 0 Å². The molecule has 3 nitrogen and oxygen atoms in total. The van der Waals surface area contributed by atoms with Crippen molar-refractivity contribution in [1.29, 1.82) is 0 Å². The second kappa shape index (κ2) is 6.58. The van der Waals surface area contributed by atoms with Gasteiger partial charge in [-0.05, 0) is 31.0 Å². The van der Waals surface area contributed by atoms with Gasteiger partial charge < -0.3 is 10.6 Å². The summed E-state index contributed by atoms with van der Waals surface area (Å²) < 4.78 is 37.3. The molecule has 102 valence electrons. The number of rotatable bonds is 6. The summed E-state index contributed by atoms with van der Waals surface area (Å²) in [5.41, 5.74) is 6.34. The van der Waals surface area contributed by atoms with Crippen molar-refractivity contribution in [2.75, 3.05) is 24.5 Å². The minimum atomic E-state index is -4.22. The molecule has 1 aromatic rings. The first-order chi connectivity index (χ1) is 8.46. The van der Waals surface area contributed by atoms with Crippen molar-refractivity contribution in [2.24, 2.45) is 5.73 Å². The molecule has 0 spiro atoms. The van der Waals surface area contributed by atoms with E-state index in [4.69, 9.17) is 5.73 Å². The van der Waals surface area contributed by atoms with Crippen LogP contribution in [0.3, 0.4) is 0 Å². The van der Waals surface area contributed by atoms with Gasteiger partial charge in [0.05, 0.1) is 0 Å². The van der Waals surface area contributed by atoms with Gasteiger partial charge in [0.2, 0.25) is 0 Å². The van der Waals surface area contributed by atoms with Gasteiger partial charge in [0, 0.05) is 12.7 Å². The molecule has 0 aliphatic rings. The standard InChI is InChI=1S/C12H18F3N3/c1-2-7-18(9-12(13,14)15)11-4-3-10(5-6-16)8-17-11/h3-4,8H,2,5-7,9,16H2,1H3. The van der Waals surface area contributed by atoms with E-state index in [0.717, 1.165) is 5.56 Å². The first kappa shape index (κ1) is 14.8. The van der Waals surface area contributed by atoms with Crippen LogP contribution in [-0.2, 0) is 6.42 Å². The molecule has 0 saturated heterocycles. The van der Waals surface area contributed by atoms with Crippen LogP contribution < -0.4 is 10.6 Å². The van der Waals surface area contributed by atoms with Crippen LogP contribution in [0.25, 0.3) is 0 Å². The molecule has 2 N–H and O–H groups in total. The van der Waals surface area contributed by atoms with Crippen LogP contribution in [0.1, 0.15) is 18.9 Å². The molecule has 0 aliphatic heterocycles. The number of nitrogens with zero attached hydrogens (tertiary/aromatic N) is 2. The summed E-state index contributed by atoms with van der Waals surface area (Å²) in [6.07, 6.45) is -1.31. The summed E-state index contributed by atoms with van der Waals surface area (Å²) >= 11 is 0. The largest absolute Gasteiger partial charge is 0.405 e. The Bertz CT molecular complexity index is 349. The molecule has 0 radical (unpaired) electrons. The van der Waals surface area contributed by atoms with Crippen molar-refractivity contribution < 1.29 is 13.2 Å². The van der Waals surface area contributed by atoms with Crippen LogP contribution in [-0.4, -0.2) is 30.8 Å². The number of aromatic nitrogens is 1. The molecule has 0 aliphatic carbocycles. The predicted molar refractivity (Wildman–Crippen MR) is 65.6 cm³/mol. The van der Waals surface area contributed by atoms with Gasteiger partial charge in [-0.1, -0.05) is 13.0 Å². The predicted octanol–water partition coefficient (Wildman–Crippen LogP) is 2.36. The number of hydrogen-bond acceptors (Lipinski definition) is 3. The highest BCUT2D eigenvalue weighted by Gasteiger charge is 2.30. The van der Waals surface area contributed by atoms with Crippen LogP contribution in [0, 0.1) is 0 Å². The molecule has 0 aromatic carbocycles. The maximum absolute atomic E-state index is 12.4. The van der Waals surface area contributed by atoms with E-state index in [1.165, 1.54) is 4.90 Å². The fourth-order valence-electron chi connectivity index (χ4n) is 1.68. The van der Waals surface area contributed by atoms with Crippen LogP contribution in [0.15, 0.2) is 18.3 Å². The summed E-state index contributed by atoms with van der Waals surface area (Å²) in [4.78, 5) is 5.31. The third-order valence-electron chi connectivity index (χ3n) is 2.43. The van der Waals surface area contributed by atoms with E-state index in [2.05, 4.69) is 4.98 Å². The Morgan fingerprint density at radius 1 is 1.33 bits per heavy atom. The van der Waals surface area contributed by atoms with E-state index < -0.39 is 12.7 Å². The Morgan fingerprint density at radius 3 is 2.50 bits per heavy atom. The number of halogens is 3. The molecule has 0 unspecified atom stereocenters. The molecule has 6 heteroatoms. The zero-order valence-corrected chi connectivity index (χ0v) is 10.4. The highest BCUT2D eigenvalue weighted by Crippen LogP contribution is 2.21.